The Morgan fingerprint density at radius 2 is 1.63 bits per heavy atom. The van der Waals surface area contributed by atoms with Crippen molar-refractivity contribution < 1.29 is 22.7 Å². The zero-order valence-electron chi connectivity index (χ0n) is 15.4. The fourth-order valence-electron chi connectivity index (χ4n) is 2.74. The third kappa shape index (κ3) is 4.64. The van der Waals surface area contributed by atoms with Crippen LogP contribution in [-0.4, -0.2) is 23.9 Å². The van der Waals surface area contributed by atoms with E-state index in [2.05, 4.69) is 4.98 Å². The minimum absolute atomic E-state index is 0. The topological polar surface area (TPSA) is 111 Å². The minimum atomic E-state index is -1.06. The van der Waals surface area contributed by atoms with Crippen molar-refractivity contribution in [1.82, 2.24) is 4.98 Å². The van der Waals surface area contributed by atoms with Crippen molar-refractivity contribution in [2.45, 2.75) is 0 Å². The Morgan fingerprint density at radius 1 is 1.03 bits per heavy atom. The maximum absolute atomic E-state index is 14.5. The molecule has 3 rings (SSSR count). The van der Waals surface area contributed by atoms with Crippen LogP contribution in [0, 0.1) is 17.5 Å². The molecule has 1 heterocycles. The molecule has 6 nitrogen and oxygen atoms in total. The molecule has 0 spiro atoms. The molecule has 0 amide bonds. The van der Waals surface area contributed by atoms with Crippen molar-refractivity contribution in [1.29, 1.82) is 0 Å². The molecule has 158 valence electrons. The number of aromatic amines is 1. The quantitative estimate of drug-likeness (QED) is 0.511. The molecule has 3 aromatic rings. The molecular formula is C20H17ClF3N3O3. The number of nitrogen functional groups attached to an aromatic ring is 1. The molecule has 1 aromatic heterocycles. The summed E-state index contributed by atoms with van der Waals surface area (Å²) in [4.78, 5) is 27.2. The molecule has 0 unspecified atom stereocenters. The lowest BCUT2D eigenvalue weighted by atomic mass is 9.99. The SMILES string of the molecule is Cl.NCCOc1cc(F)c(-c2cc(C(=O)c3ccc(F)cc3)c(N)[nH]c2=O)c(F)c1. The van der Waals surface area contributed by atoms with E-state index in [0.29, 0.717) is 0 Å². The molecule has 0 radical (unpaired) electrons. The lowest BCUT2D eigenvalue weighted by Crippen LogP contribution is -2.18. The Morgan fingerprint density at radius 3 is 2.20 bits per heavy atom. The third-order valence-electron chi connectivity index (χ3n) is 4.09. The van der Waals surface area contributed by atoms with Gasteiger partial charge in [0.1, 0.15) is 35.6 Å². The Bertz CT molecular complexity index is 1110. The zero-order chi connectivity index (χ0) is 21.1. The Kier molecular flexibility index (Phi) is 7.25. The average Bonchev–Trinajstić information content (AvgIpc) is 2.67. The number of rotatable bonds is 6. The van der Waals surface area contributed by atoms with Gasteiger partial charge in [-0.3, -0.25) is 9.59 Å². The van der Waals surface area contributed by atoms with Crippen LogP contribution >= 0.6 is 12.4 Å². The van der Waals surface area contributed by atoms with Crippen molar-refractivity contribution in [2.24, 2.45) is 5.73 Å². The highest BCUT2D eigenvalue weighted by Gasteiger charge is 2.21. The lowest BCUT2D eigenvalue weighted by Gasteiger charge is -2.11. The Balaban J connectivity index is 0.00000320. The van der Waals surface area contributed by atoms with Crippen molar-refractivity contribution in [3.8, 4) is 16.9 Å². The summed E-state index contributed by atoms with van der Waals surface area (Å²) >= 11 is 0. The number of anilines is 1. The van der Waals surface area contributed by atoms with Gasteiger partial charge in [-0.15, -0.1) is 12.4 Å². The molecule has 0 atom stereocenters. The van der Waals surface area contributed by atoms with Crippen LogP contribution in [0.15, 0.2) is 47.3 Å². The van der Waals surface area contributed by atoms with Gasteiger partial charge < -0.3 is 21.2 Å². The van der Waals surface area contributed by atoms with E-state index in [0.717, 1.165) is 30.3 Å². The largest absolute Gasteiger partial charge is 0.492 e. The standard InChI is InChI=1S/C20H16F3N3O3.ClH/c21-11-3-1-10(2-4-11)18(27)14-9-13(20(28)26-19(14)25)17-15(22)7-12(8-16(17)23)29-6-5-24;/h1-4,7-9H,5-6,24H2,(H3,25,26,28);1H. The highest BCUT2D eigenvalue weighted by molar-refractivity contribution is 6.12. The Labute approximate surface area is 175 Å². The van der Waals surface area contributed by atoms with Crippen LogP contribution in [0.3, 0.4) is 0 Å². The summed E-state index contributed by atoms with van der Waals surface area (Å²) in [5.74, 6) is -3.69. The molecule has 30 heavy (non-hydrogen) atoms. The van der Waals surface area contributed by atoms with E-state index in [1.54, 1.807) is 0 Å². The molecule has 0 saturated heterocycles. The van der Waals surface area contributed by atoms with Crippen LogP contribution in [0.25, 0.3) is 11.1 Å². The van der Waals surface area contributed by atoms with Crippen molar-refractivity contribution in [2.75, 3.05) is 18.9 Å². The number of hydrogen-bond donors (Lipinski definition) is 3. The van der Waals surface area contributed by atoms with Gasteiger partial charge in [-0.2, -0.15) is 0 Å². The fraction of sp³-hybridized carbons (Fsp3) is 0.100. The van der Waals surface area contributed by atoms with Crippen molar-refractivity contribution in [3.05, 3.63) is 81.4 Å². The first-order valence-electron chi connectivity index (χ1n) is 8.47. The van der Waals surface area contributed by atoms with Crippen LogP contribution in [0.2, 0.25) is 0 Å². The Hall–Kier alpha value is -3.30. The number of carbonyl (C=O) groups excluding carboxylic acids is 1. The maximum atomic E-state index is 14.5. The lowest BCUT2D eigenvalue weighted by molar-refractivity contribution is 0.103. The molecule has 0 fully saturated rings. The summed E-state index contributed by atoms with van der Waals surface area (Å²) in [5, 5.41) is 0. The number of nitrogens with two attached hydrogens (primary N) is 2. The first-order chi connectivity index (χ1) is 13.8. The minimum Gasteiger partial charge on any atom is -0.492 e. The summed E-state index contributed by atoms with van der Waals surface area (Å²) in [6.07, 6.45) is 0. The first kappa shape index (κ1) is 23.0. The van der Waals surface area contributed by atoms with Crippen LogP contribution in [0.4, 0.5) is 19.0 Å². The van der Waals surface area contributed by atoms with Gasteiger partial charge in [0.15, 0.2) is 5.78 Å². The molecular weight excluding hydrogens is 423 g/mol. The molecule has 2 aromatic carbocycles. The third-order valence-corrected chi connectivity index (χ3v) is 4.09. The van der Waals surface area contributed by atoms with Gasteiger partial charge in [-0.1, -0.05) is 0 Å². The first-order valence-corrected chi connectivity index (χ1v) is 8.47. The van der Waals surface area contributed by atoms with E-state index in [1.165, 1.54) is 12.1 Å². The van der Waals surface area contributed by atoms with Gasteiger partial charge in [0.25, 0.3) is 5.56 Å². The van der Waals surface area contributed by atoms with Gasteiger partial charge >= 0.3 is 0 Å². The van der Waals surface area contributed by atoms with Crippen LogP contribution in [-0.2, 0) is 0 Å². The zero-order valence-corrected chi connectivity index (χ0v) is 16.2. The second-order valence-electron chi connectivity index (χ2n) is 6.07. The van der Waals surface area contributed by atoms with Crippen LogP contribution in [0.5, 0.6) is 5.75 Å². The smallest absolute Gasteiger partial charge is 0.257 e. The number of carbonyl (C=O) groups is 1. The number of ether oxygens (including phenoxy) is 1. The molecule has 10 heteroatoms. The van der Waals surface area contributed by atoms with Crippen LogP contribution < -0.4 is 21.8 Å². The number of hydrogen-bond acceptors (Lipinski definition) is 5. The maximum Gasteiger partial charge on any atom is 0.257 e. The van der Waals surface area contributed by atoms with E-state index in [4.69, 9.17) is 16.2 Å². The van der Waals surface area contributed by atoms with Crippen molar-refractivity contribution >= 4 is 24.0 Å². The number of pyridine rings is 1. The molecule has 0 saturated carbocycles. The number of halogens is 4. The summed E-state index contributed by atoms with van der Waals surface area (Å²) in [6.45, 7) is 0.203. The number of H-pyrrole nitrogens is 1. The van der Waals surface area contributed by atoms with E-state index < -0.39 is 39.9 Å². The van der Waals surface area contributed by atoms with Gasteiger partial charge in [-0.25, -0.2) is 13.2 Å². The number of aromatic nitrogens is 1. The molecule has 0 aliphatic carbocycles. The second-order valence-corrected chi connectivity index (χ2v) is 6.07. The summed E-state index contributed by atoms with van der Waals surface area (Å²) in [6, 6.07) is 7.43. The van der Waals surface area contributed by atoms with E-state index >= 15 is 0 Å². The van der Waals surface area contributed by atoms with Gasteiger partial charge in [0.05, 0.1) is 16.7 Å². The number of nitrogens with one attached hydrogen (secondary N) is 1. The van der Waals surface area contributed by atoms with E-state index in [-0.39, 0.29) is 48.3 Å². The van der Waals surface area contributed by atoms with Gasteiger partial charge in [0.2, 0.25) is 0 Å². The van der Waals surface area contributed by atoms with E-state index in [1.807, 2.05) is 0 Å². The molecule has 5 N–H and O–H groups in total. The van der Waals surface area contributed by atoms with Gasteiger partial charge in [0, 0.05) is 24.2 Å². The highest BCUT2D eigenvalue weighted by Crippen LogP contribution is 2.29. The molecule has 0 aliphatic rings. The van der Waals surface area contributed by atoms with E-state index in [9.17, 15) is 22.8 Å². The second kappa shape index (κ2) is 9.47. The summed E-state index contributed by atoms with van der Waals surface area (Å²) in [7, 11) is 0. The fourth-order valence-corrected chi connectivity index (χ4v) is 2.74. The number of benzene rings is 2. The summed E-state index contributed by atoms with van der Waals surface area (Å²) in [5.41, 5.74) is 8.96. The highest BCUT2D eigenvalue weighted by atomic mass is 35.5. The monoisotopic (exact) mass is 439 g/mol. The van der Waals surface area contributed by atoms with Gasteiger partial charge in [-0.05, 0) is 30.3 Å². The number of ketones is 1. The van der Waals surface area contributed by atoms with Crippen LogP contribution in [0.1, 0.15) is 15.9 Å². The predicted octanol–water partition coefficient (Wildman–Crippen LogP) is 3.03. The normalized spacial score (nSPS) is 10.4. The molecule has 0 aliphatic heterocycles. The van der Waals surface area contributed by atoms with Crippen molar-refractivity contribution in [3.63, 3.8) is 0 Å². The molecule has 0 bridgehead atoms. The summed E-state index contributed by atoms with van der Waals surface area (Å²) < 4.78 is 47.3. The average molecular weight is 440 g/mol. The predicted molar refractivity (Wildman–Crippen MR) is 108 cm³/mol.